The van der Waals surface area contributed by atoms with Crippen molar-refractivity contribution in [3.05, 3.63) is 46.2 Å². The van der Waals surface area contributed by atoms with Gasteiger partial charge in [-0.25, -0.2) is 4.39 Å². The summed E-state index contributed by atoms with van der Waals surface area (Å²) in [5.41, 5.74) is 0.503. The van der Waals surface area contributed by atoms with E-state index in [4.69, 9.17) is 5.11 Å². The summed E-state index contributed by atoms with van der Waals surface area (Å²) in [6.45, 7) is 0.00698. The van der Waals surface area contributed by atoms with Crippen molar-refractivity contribution >= 4 is 22.9 Å². The maximum Gasteiger partial charge on any atom is 0.256 e. The molecule has 20 heavy (non-hydrogen) atoms. The second-order valence-corrected chi connectivity index (χ2v) is 4.70. The Morgan fingerprint density at radius 1 is 1.55 bits per heavy atom. The summed E-state index contributed by atoms with van der Waals surface area (Å²) >= 11 is 1.32. The maximum absolute atomic E-state index is 13.4. The van der Waals surface area contributed by atoms with Crippen LogP contribution in [0.15, 0.2) is 29.9 Å². The van der Waals surface area contributed by atoms with Gasteiger partial charge in [0.1, 0.15) is 0 Å². The molecule has 0 bridgehead atoms. The van der Waals surface area contributed by atoms with Gasteiger partial charge in [-0.2, -0.15) is 0 Å². The van der Waals surface area contributed by atoms with Crippen LogP contribution in [-0.2, 0) is 0 Å². The fraction of sp³-hybridized carbons (Fsp3) is 0.143. The molecule has 2 aromatic rings. The van der Waals surface area contributed by atoms with Crippen LogP contribution in [0.2, 0.25) is 0 Å². The molecule has 0 aliphatic heterocycles. The monoisotopic (exact) mass is 290 g/mol. The third-order valence-corrected chi connectivity index (χ3v) is 3.18. The zero-order chi connectivity index (χ0) is 14.4. The molecule has 0 unspecified atom stereocenters. The number of pyridine rings is 1. The summed E-state index contributed by atoms with van der Waals surface area (Å²) in [5.74, 6) is 4.63. The second-order valence-electron chi connectivity index (χ2n) is 3.78. The lowest BCUT2D eigenvalue weighted by Crippen LogP contribution is -2.12. The van der Waals surface area contributed by atoms with E-state index in [9.17, 15) is 9.18 Å². The van der Waals surface area contributed by atoms with E-state index < -0.39 is 11.7 Å². The number of carbonyl (C=O) groups is 1. The highest BCUT2D eigenvalue weighted by atomic mass is 32.1. The van der Waals surface area contributed by atoms with Gasteiger partial charge in [0, 0.05) is 18.0 Å². The number of rotatable bonds is 3. The van der Waals surface area contributed by atoms with Crippen LogP contribution < -0.4 is 5.32 Å². The third-order valence-electron chi connectivity index (χ3n) is 2.33. The van der Waals surface area contributed by atoms with Crippen LogP contribution in [0.1, 0.15) is 21.7 Å². The van der Waals surface area contributed by atoms with Crippen molar-refractivity contribution in [3.63, 3.8) is 0 Å². The van der Waals surface area contributed by atoms with Crippen molar-refractivity contribution in [2.75, 3.05) is 11.9 Å². The van der Waals surface area contributed by atoms with Gasteiger partial charge in [-0.3, -0.25) is 9.78 Å². The number of anilines is 1. The topological polar surface area (TPSA) is 62.2 Å². The molecule has 0 spiro atoms. The summed E-state index contributed by atoms with van der Waals surface area (Å²) in [7, 11) is 0. The Labute approximate surface area is 119 Å². The van der Waals surface area contributed by atoms with Gasteiger partial charge in [-0.05, 0) is 12.1 Å². The molecule has 0 radical (unpaired) electrons. The van der Waals surface area contributed by atoms with Crippen LogP contribution in [0.5, 0.6) is 0 Å². The molecule has 0 atom stereocenters. The molecule has 0 aliphatic rings. The van der Waals surface area contributed by atoms with Gasteiger partial charge in [0.25, 0.3) is 5.91 Å². The van der Waals surface area contributed by atoms with Crippen molar-refractivity contribution in [3.8, 4) is 11.8 Å². The van der Waals surface area contributed by atoms with E-state index in [1.54, 1.807) is 11.4 Å². The molecule has 4 nitrogen and oxygen atoms in total. The van der Waals surface area contributed by atoms with Gasteiger partial charge in [0.15, 0.2) is 5.82 Å². The normalized spacial score (nSPS) is 9.70. The van der Waals surface area contributed by atoms with Crippen molar-refractivity contribution in [2.24, 2.45) is 0 Å². The number of aromatic nitrogens is 1. The number of halogens is 1. The fourth-order valence-corrected chi connectivity index (χ4v) is 2.15. The van der Waals surface area contributed by atoms with E-state index in [2.05, 4.69) is 22.1 Å². The van der Waals surface area contributed by atoms with Gasteiger partial charge in [-0.15, -0.1) is 11.3 Å². The summed E-state index contributed by atoms with van der Waals surface area (Å²) in [5, 5.41) is 12.7. The maximum atomic E-state index is 13.4. The lowest BCUT2D eigenvalue weighted by molar-refractivity contribution is 0.102. The first-order valence-corrected chi connectivity index (χ1v) is 6.68. The van der Waals surface area contributed by atoms with Gasteiger partial charge in [0.05, 0.1) is 28.9 Å². The number of carbonyl (C=O) groups excluding carboxylic acids is 1. The van der Waals surface area contributed by atoms with Gasteiger partial charge in [0.2, 0.25) is 0 Å². The van der Waals surface area contributed by atoms with E-state index in [0.717, 1.165) is 11.1 Å². The van der Waals surface area contributed by atoms with E-state index >= 15 is 0 Å². The lowest BCUT2D eigenvalue weighted by atomic mass is 10.2. The van der Waals surface area contributed by atoms with Crippen LogP contribution in [0.25, 0.3) is 0 Å². The molecular formula is C14H11FN2O2S. The average molecular weight is 290 g/mol. The first-order valence-electron chi connectivity index (χ1n) is 5.80. The van der Waals surface area contributed by atoms with Crippen molar-refractivity contribution < 1.29 is 14.3 Å². The molecule has 2 heterocycles. The Morgan fingerprint density at radius 3 is 3.15 bits per heavy atom. The zero-order valence-electron chi connectivity index (χ0n) is 10.4. The van der Waals surface area contributed by atoms with Crippen LogP contribution in [0.4, 0.5) is 10.1 Å². The van der Waals surface area contributed by atoms with Crippen LogP contribution in [-0.4, -0.2) is 22.6 Å². The van der Waals surface area contributed by atoms with Crippen molar-refractivity contribution in [1.82, 2.24) is 4.98 Å². The smallest absolute Gasteiger partial charge is 0.256 e. The minimum atomic E-state index is -0.584. The molecule has 2 aromatic heterocycles. The number of nitrogens with zero attached hydrogens (tertiary/aromatic N) is 1. The highest BCUT2D eigenvalue weighted by Gasteiger charge is 2.10. The Bertz CT molecular complexity index is 673. The first kappa shape index (κ1) is 14.2. The molecule has 102 valence electrons. The summed E-state index contributed by atoms with van der Waals surface area (Å²) in [6, 6.07) is 3.02. The fourth-order valence-electron chi connectivity index (χ4n) is 1.40. The van der Waals surface area contributed by atoms with E-state index in [1.165, 1.54) is 23.6 Å². The third kappa shape index (κ3) is 3.63. The number of aliphatic hydroxyl groups is 1. The molecule has 0 fully saturated rings. The number of hydrogen-bond acceptors (Lipinski definition) is 4. The van der Waals surface area contributed by atoms with E-state index in [0.29, 0.717) is 12.0 Å². The zero-order valence-corrected chi connectivity index (χ0v) is 11.2. The standard InChI is InChI=1S/C14H11FN2O2S/c15-12-8-16-5-4-13(12)17-14(19)10-7-11(20-9-10)3-1-2-6-18/h4-5,7-9,18H,2,6H2,(H,16,17,19). The quantitative estimate of drug-likeness (QED) is 0.852. The molecular weight excluding hydrogens is 279 g/mol. The Balaban J connectivity index is 2.07. The van der Waals surface area contributed by atoms with Crippen LogP contribution >= 0.6 is 11.3 Å². The molecule has 0 aliphatic carbocycles. The Kier molecular flexibility index (Phi) is 4.82. The molecule has 0 saturated carbocycles. The van der Waals surface area contributed by atoms with Gasteiger partial charge in [-0.1, -0.05) is 11.8 Å². The summed E-state index contributed by atoms with van der Waals surface area (Å²) in [6.07, 6.45) is 2.83. The highest BCUT2D eigenvalue weighted by Crippen LogP contribution is 2.17. The highest BCUT2D eigenvalue weighted by molar-refractivity contribution is 7.10. The number of hydrogen-bond donors (Lipinski definition) is 2. The largest absolute Gasteiger partial charge is 0.395 e. The second kappa shape index (κ2) is 6.80. The molecule has 1 amide bonds. The molecule has 0 saturated heterocycles. The number of aliphatic hydroxyl groups excluding tert-OH is 1. The minimum absolute atomic E-state index is 0.00698. The summed E-state index contributed by atoms with van der Waals surface area (Å²) < 4.78 is 13.4. The Morgan fingerprint density at radius 2 is 2.40 bits per heavy atom. The summed E-state index contributed by atoms with van der Waals surface area (Å²) in [4.78, 5) is 16.3. The predicted molar refractivity (Wildman–Crippen MR) is 75.0 cm³/mol. The number of thiophene rings is 1. The number of nitrogens with one attached hydrogen (secondary N) is 1. The van der Waals surface area contributed by atoms with Gasteiger partial charge >= 0.3 is 0 Å². The SMILES string of the molecule is O=C(Nc1ccncc1F)c1csc(C#CCCO)c1. The first-order chi connectivity index (χ1) is 9.70. The Hall–Kier alpha value is -2.23. The van der Waals surface area contributed by atoms with Crippen LogP contribution in [0.3, 0.4) is 0 Å². The van der Waals surface area contributed by atoms with E-state index in [-0.39, 0.29) is 12.3 Å². The molecule has 2 N–H and O–H groups in total. The molecule has 2 rings (SSSR count). The lowest BCUT2D eigenvalue weighted by Gasteiger charge is -2.03. The minimum Gasteiger partial charge on any atom is -0.395 e. The predicted octanol–water partition coefficient (Wildman–Crippen LogP) is 2.27. The molecule has 6 heteroatoms. The number of amides is 1. The van der Waals surface area contributed by atoms with Gasteiger partial charge < -0.3 is 10.4 Å². The average Bonchev–Trinajstić information content (AvgIpc) is 2.91. The van der Waals surface area contributed by atoms with E-state index in [1.807, 2.05) is 0 Å². The van der Waals surface area contributed by atoms with Crippen molar-refractivity contribution in [1.29, 1.82) is 0 Å². The molecule has 0 aromatic carbocycles. The van der Waals surface area contributed by atoms with Crippen LogP contribution in [0, 0.1) is 17.7 Å². The van der Waals surface area contributed by atoms with Crippen molar-refractivity contribution in [2.45, 2.75) is 6.42 Å².